The summed E-state index contributed by atoms with van der Waals surface area (Å²) in [5, 5.41) is 11.2. The Morgan fingerprint density at radius 2 is 1.67 bits per heavy atom. The molecule has 0 aromatic carbocycles. The van der Waals surface area contributed by atoms with Crippen molar-refractivity contribution in [1.29, 1.82) is 5.26 Å². The highest BCUT2D eigenvalue weighted by Gasteiger charge is 2.44. The van der Waals surface area contributed by atoms with Gasteiger partial charge in [-0.3, -0.25) is 4.90 Å². The van der Waals surface area contributed by atoms with Gasteiger partial charge in [0.2, 0.25) is 0 Å². The Balaban J connectivity index is 2.02. The third-order valence-electron chi connectivity index (χ3n) is 2.50. The van der Waals surface area contributed by atoms with Gasteiger partial charge in [0.25, 0.3) is 0 Å². The minimum Gasteiger partial charge on any atom is -0.372 e. The molecular formula is C8H14N2O3SSi. The summed E-state index contributed by atoms with van der Waals surface area (Å²) in [7, 11) is -2.53. The zero-order valence-corrected chi connectivity index (χ0v) is 10.3. The van der Waals surface area contributed by atoms with Crippen molar-refractivity contribution in [3.8, 4) is 5.40 Å². The quantitative estimate of drug-likeness (QED) is 0.507. The van der Waals surface area contributed by atoms with Gasteiger partial charge in [0.15, 0.2) is 0 Å². The maximum atomic E-state index is 8.58. The summed E-state index contributed by atoms with van der Waals surface area (Å²) in [5.74, 6) is 0. The largest absolute Gasteiger partial charge is 0.512 e. The van der Waals surface area contributed by atoms with Gasteiger partial charge in [-0.2, -0.15) is 5.26 Å². The summed E-state index contributed by atoms with van der Waals surface area (Å²) in [6, 6.07) is 0. The predicted octanol–water partition coefficient (Wildman–Crippen LogP) is 0.0578. The summed E-state index contributed by atoms with van der Waals surface area (Å²) in [5.41, 5.74) is 0. The normalized spacial score (nSPS) is 36.3. The highest BCUT2D eigenvalue weighted by atomic mass is 32.2. The average molecular weight is 246 g/mol. The predicted molar refractivity (Wildman–Crippen MR) is 58.1 cm³/mol. The molecule has 15 heavy (non-hydrogen) atoms. The lowest BCUT2D eigenvalue weighted by Gasteiger charge is -2.37. The van der Waals surface area contributed by atoms with E-state index in [-0.39, 0.29) is 0 Å². The molecule has 3 rings (SSSR count). The van der Waals surface area contributed by atoms with Crippen LogP contribution in [0.25, 0.3) is 0 Å². The summed E-state index contributed by atoms with van der Waals surface area (Å²) < 4.78 is 17.2. The summed E-state index contributed by atoms with van der Waals surface area (Å²) in [4.78, 5) is 2.27. The molecule has 0 amide bonds. The van der Waals surface area contributed by atoms with Crippen LogP contribution in [0.15, 0.2) is 0 Å². The Bertz CT molecular complexity index is 234. The van der Waals surface area contributed by atoms with Crippen LogP contribution in [0.4, 0.5) is 0 Å². The molecule has 3 fully saturated rings. The van der Waals surface area contributed by atoms with Crippen molar-refractivity contribution in [2.45, 2.75) is 0 Å². The number of thioether (sulfide) groups is 1. The second kappa shape index (κ2) is 5.29. The summed E-state index contributed by atoms with van der Waals surface area (Å²) >= 11 is 1.17. The molecule has 2 bridgehead atoms. The second-order valence-electron chi connectivity index (χ2n) is 3.45. The van der Waals surface area contributed by atoms with Crippen LogP contribution in [0.2, 0.25) is 0 Å². The average Bonchev–Trinajstić information content (AvgIpc) is 2.14. The molecule has 3 saturated heterocycles. The van der Waals surface area contributed by atoms with Crippen LogP contribution in [-0.4, -0.2) is 58.5 Å². The Hall–Kier alpha value is -0.103. The van der Waals surface area contributed by atoms with Crippen LogP contribution in [0.5, 0.6) is 0 Å². The number of nitrogens with zero attached hydrogens (tertiary/aromatic N) is 2. The number of thiocyanates is 1. The molecule has 0 saturated carbocycles. The van der Waals surface area contributed by atoms with Crippen molar-refractivity contribution < 1.29 is 13.3 Å². The lowest BCUT2D eigenvalue weighted by atomic mass is 10.4. The molecule has 0 radical (unpaired) electrons. The van der Waals surface area contributed by atoms with Crippen molar-refractivity contribution in [2.75, 3.05) is 44.8 Å². The van der Waals surface area contributed by atoms with Crippen molar-refractivity contribution in [3.05, 3.63) is 0 Å². The maximum absolute atomic E-state index is 8.58. The van der Waals surface area contributed by atoms with Crippen LogP contribution >= 0.6 is 11.8 Å². The van der Waals surface area contributed by atoms with Gasteiger partial charge in [-0.1, -0.05) is 0 Å². The fraction of sp³-hybridized carbons (Fsp3) is 0.875. The Kier molecular flexibility index (Phi) is 4.02. The Morgan fingerprint density at radius 3 is 2.13 bits per heavy atom. The number of rotatable bonds is 2. The van der Waals surface area contributed by atoms with E-state index in [0.29, 0.717) is 25.2 Å². The Labute approximate surface area is 94.6 Å². The molecule has 0 aromatic heterocycles. The first kappa shape index (κ1) is 11.4. The molecule has 0 aliphatic carbocycles. The fourth-order valence-electron chi connectivity index (χ4n) is 1.70. The van der Waals surface area contributed by atoms with Gasteiger partial charge in [-0.15, -0.1) is 0 Å². The molecular weight excluding hydrogens is 232 g/mol. The topological polar surface area (TPSA) is 54.7 Å². The van der Waals surface area contributed by atoms with E-state index in [2.05, 4.69) is 4.90 Å². The van der Waals surface area contributed by atoms with Crippen LogP contribution in [0.3, 0.4) is 0 Å². The molecule has 5 nitrogen and oxygen atoms in total. The number of hydrogen-bond acceptors (Lipinski definition) is 6. The van der Waals surface area contributed by atoms with Crippen molar-refractivity contribution >= 4 is 20.6 Å². The first-order valence-corrected chi connectivity index (χ1v) is 7.91. The fourth-order valence-corrected chi connectivity index (χ4v) is 5.12. The zero-order chi connectivity index (χ0) is 10.6. The molecule has 3 heterocycles. The SMILES string of the molecule is N#CSC[Si]12OCCN(CCO1)CCO2. The summed E-state index contributed by atoms with van der Waals surface area (Å²) in [6.45, 7) is 4.78. The number of nitriles is 1. The first-order valence-electron chi connectivity index (χ1n) is 5.00. The molecule has 0 N–H and O–H groups in total. The van der Waals surface area contributed by atoms with Gasteiger partial charge in [-0.25, -0.2) is 0 Å². The van der Waals surface area contributed by atoms with Gasteiger partial charge in [0, 0.05) is 19.6 Å². The van der Waals surface area contributed by atoms with Gasteiger partial charge in [-0.05, 0) is 11.8 Å². The van der Waals surface area contributed by atoms with E-state index < -0.39 is 8.80 Å². The van der Waals surface area contributed by atoms with E-state index in [4.69, 9.17) is 18.5 Å². The van der Waals surface area contributed by atoms with Gasteiger partial charge >= 0.3 is 8.80 Å². The van der Waals surface area contributed by atoms with E-state index in [1.165, 1.54) is 11.8 Å². The van der Waals surface area contributed by atoms with Crippen LogP contribution in [-0.2, 0) is 13.3 Å². The first-order chi connectivity index (χ1) is 7.35. The number of fused-ring (bicyclic) bond motifs is 6. The maximum Gasteiger partial charge on any atom is 0.512 e. The smallest absolute Gasteiger partial charge is 0.372 e. The highest BCUT2D eigenvalue weighted by Crippen LogP contribution is 2.19. The summed E-state index contributed by atoms with van der Waals surface area (Å²) in [6.07, 6.45) is 0. The number of hydrogen-bond donors (Lipinski definition) is 0. The minimum absolute atomic E-state index is 0.545. The van der Waals surface area contributed by atoms with Crippen LogP contribution < -0.4 is 0 Å². The van der Waals surface area contributed by atoms with Crippen molar-refractivity contribution in [1.82, 2.24) is 4.90 Å². The van der Waals surface area contributed by atoms with E-state index in [9.17, 15) is 0 Å². The lowest BCUT2D eigenvalue weighted by molar-refractivity contribution is -0.00440. The van der Waals surface area contributed by atoms with E-state index >= 15 is 0 Å². The molecule has 84 valence electrons. The molecule has 7 heteroatoms. The molecule has 0 spiro atoms. The molecule has 0 unspecified atom stereocenters. The van der Waals surface area contributed by atoms with E-state index in [1.54, 1.807) is 0 Å². The zero-order valence-electron chi connectivity index (χ0n) is 8.48. The molecule has 0 atom stereocenters. The third-order valence-corrected chi connectivity index (χ3v) is 6.55. The highest BCUT2D eigenvalue weighted by molar-refractivity contribution is 8.05. The van der Waals surface area contributed by atoms with Gasteiger partial charge in [0.1, 0.15) is 5.40 Å². The molecule has 3 aliphatic rings. The second-order valence-corrected chi connectivity index (χ2v) is 7.31. The standard InChI is InChI=1S/C8H14N2O3SSi/c9-7-14-8-15-11-4-1-10(2-5-12-15)3-6-13-15/h1-6,8H2. The van der Waals surface area contributed by atoms with Gasteiger partial charge in [0.05, 0.1) is 25.2 Å². The van der Waals surface area contributed by atoms with Gasteiger partial charge < -0.3 is 13.3 Å². The lowest BCUT2D eigenvalue weighted by Crippen LogP contribution is -2.56. The minimum atomic E-state index is -2.53. The van der Waals surface area contributed by atoms with Crippen LogP contribution in [0, 0.1) is 10.7 Å². The van der Waals surface area contributed by atoms with E-state index in [0.717, 1.165) is 19.6 Å². The van der Waals surface area contributed by atoms with E-state index in [1.807, 2.05) is 5.40 Å². The van der Waals surface area contributed by atoms with Crippen LogP contribution in [0.1, 0.15) is 0 Å². The molecule has 0 aromatic rings. The third kappa shape index (κ3) is 2.93. The molecule has 3 aliphatic heterocycles. The monoisotopic (exact) mass is 246 g/mol. The Morgan fingerprint density at radius 1 is 1.13 bits per heavy atom. The van der Waals surface area contributed by atoms with Crippen molar-refractivity contribution in [3.63, 3.8) is 0 Å². The van der Waals surface area contributed by atoms with Crippen molar-refractivity contribution in [2.24, 2.45) is 0 Å².